The number of benzene rings is 1. The van der Waals surface area contributed by atoms with Crippen LogP contribution < -0.4 is 5.32 Å². The summed E-state index contributed by atoms with van der Waals surface area (Å²) in [6.07, 6.45) is 0.290. The highest BCUT2D eigenvalue weighted by Crippen LogP contribution is 2.33. The number of halogens is 1. The minimum absolute atomic E-state index is 0.0170. The first-order valence-corrected chi connectivity index (χ1v) is 5.84. The first-order valence-electron chi connectivity index (χ1n) is 5.46. The average Bonchev–Trinajstić information content (AvgIpc) is 2.56. The molecule has 1 aliphatic heterocycles. The van der Waals surface area contributed by atoms with Gasteiger partial charge in [0.05, 0.1) is 6.42 Å². The van der Waals surface area contributed by atoms with E-state index in [1.165, 1.54) is 0 Å². The molecule has 0 unspecified atom stereocenters. The molecule has 1 aromatic carbocycles. The lowest BCUT2D eigenvalue weighted by Crippen LogP contribution is -2.20. The van der Waals surface area contributed by atoms with Crippen molar-refractivity contribution in [3.05, 3.63) is 28.3 Å². The molecule has 1 aromatic rings. The van der Waals surface area contributed by atoms with Crippen LogP contribution in [-0.2, 0) is 11.2 Å². The standard InChI is InChI=1S/C13H14ClNO2/c1-13(2,3)12(17)7-4-9(14)8-6-11(16)15-10(8)5-7/h4-5H,6H2,1-3H3,(H,15,16). The van der Waals surface area contributed by atoms with E-state index in [1.54, 1.807) is 12.1 Å². The minimum Gasteiger partial charge on any atom is -0.325 e. The number of carbonyl (C=O) groups is 2. The highest BCUT2D eigenvalue weighted by Gasteiger charge is 2.27. The molecule has 0 aromatic heterocycles. The van der Waals surface area contributed by atoms with Gasteiger partial charge in [0.25, 0.3) is 0 Å². The zero-order valence-electron chi connectivity index (χ0n) is 10.1. The van der Waals surface area contributed by atoms with E-state index in [2.05, 4.69) is 5.32 Å². The van der Waals surface area contributed by atoms with E-state index in [0.29, 0.717) is 16.3 Å². The second-order valence-corrected chi connectivity index (χ2v) is 5.70. The van der Waals surface area contributed by atoms with E-state index in [-0.39, 0.29) is 18.1 Å². The Bertz CT molecular complexity index is 515. The quantitative estimate of drug-likeness (QED) is 0.780. The van der Waals surface area contributed by atoms with Crippen LogP contribution in [0.15, 0.2) is 12.1 Å². The van der Waals surface area contributed by atoms with E-state index < -0.39 is 5.41 Å². The molecule has 1 N–H and O–H groups in total. The third-order valence-corrected chi connectivity index (χ3v) is 3.09. The van der Waals surface area contributed by atoms with Crippen LogP contribution in [0.3, 0.4) is 0 Å². The van der Waals surface area contributed by atoms with Crippen LogP contribution in [0.5, 0.6) is 0 Å². The Kier molecular flexibility index (Phi) is 2.74. The first kappa shape index (κ1) is 12.1. The summed E-state index contributed by atoms with van der Waals surface area (Å²) in [6, 6.07) is 3.36. The summed E-state index contributed by atoms with van der Waals surface area (Å²) in [6.45, 7) is 5.57. The van der Waals surface area contributed by atoms with Gasteiger partial charge in [-0.1, -0.05) is 32.4 Å². The van der Waals surface area contributed by atoms with Crippen LogP contribution in [0.1, 0.15) is 36.7 Å². The van der Waals surface area contributed by atoms with Crippen molar-refractivity contribution in [3.63, 3.8) is 0 Å². The fourth-order valence-corrected chi connectivity index (χ4v) is 2.13. The summed E-state index contributed by atoms with van der Waals surface area (Å²) in [5.74, 6) is -0.0643. The summed E-state index contributed by atoms with van der Waals surface area (Å²) >= 11 is 6.09. The molecule has 0 bridgehead atoms. The van der Waals surface area contributed by atoms with Gasteiger partial charge in [-0.15, -0.1) is 0 Å². The molecule has 3 nitrogen and oxygen atoms in total. The number of Topliss-reactive ketones (excluding diaryl/α,β-unsaturated/α-hetero) is 1. The highest BCUT2D eigenvalue weighted by atomic mass is 35.5. The van der Waals surface area contributed by atoms with Crippen molar-refractivity contribution in [1.82, 2.24) is 0 Å². The number of rotatable bonds is 1. The van der Waals surface area contributed by atoms with E-state index in [4.69, 9.17) is 11.6 Å². The zero-order chi connectivity index (χ0) is 12.8. The maximum atomic E-state index is 12.1. The number of hydrogen-bond donors (Lipinski definition) is 1. The summed E-state index contributed by atoms with van der Waals surface area (Å²) in [4.78, 5) is 23.4. The topological polar surface area (TPSA) is 46.2 Å². The largest absolute Gasteiger partial charge is 0.325 e. The molecule has 0 saturated carbocycles. The summed E-state index contributed by atoms with van der Waals surface area (Å²) in [7, 11) is 0. The Balaban J connectivity index is 2.47. The van der Waals surface area contributed by atoms with Gasteiger partial charge in [0.2, 0.25) is 5.91 Å². The van der Waals surface area contributed by atoms with Crippen molar-refractivity contribution >= 4 is 29.0 Å². The predicted octanol–water partition coefficient (Wildman–Crippen LogP) is 3.06. The maximum Gasteiger partial charge on any atom is 0.228 e. The van der Waals surface area contributed by atoms with Gasteiger partial charge in [-0.25, -0.2) is 0 Å². The number of nitrogens with one attached hydrogen (secondary N) is 1. The summed E-state index contributed by atoms with van der Waals surface area (Å²) in [5, 5.41) is 3.19. The van der Waals surface area contributed by atoms with Gasteiger partial charge < -0.3 is 5.32 Å². The van der Waals surface area contributed by atoms with Crippen LogP contribution in [0.2, 0.25) is 5.02 Å². The van der Waals surface area contributed by atoms with Gasteiger partial charge in [-0.2, -0.15) is 0 Å². The SMILES string of the molecule is CC(C)(C)C(=O)c1cc(Cl)c2c(c1)NC(=O)C2. The number of fused-ring (bicyclic) bond motifs is 1. The Morgan fingerprint density at radius 1 is 1.35 bits per heavy atom. The lowest BCUT2D eigenvalue weighted by molar-refractivity contribution is -0.115. The number of amides is 1. The van der Waals surface area contributed by atoms with Gasteiger partial charge >= 0.3 is 0 Å². The molecule has 1 amide bonds. The maximum absolute atomic E-state index is 12.1. The molecule has 90 valence electrons. The number of anilines is 1. The van der Waals surface area contributed by atoms with Crippen molar-refractivity contribution in [2.45, 2.75) is 27.2 Å². The monoisotopic (exact) mass is 251 g/mol. The smallest absolute Gasteiger partial charge is 0.228 e. The molecule has 0 saturated heterocycles. The molecule has 0 radical (unpaired) electrons. The van der Waals surface area contributed by atoms with Gasteiger partial charge in [-0.3, -0.25) is 9.59 Å². The van der Waals surface area contributed by atoms with Gasteiger partial charge in [-0.05, 0) is 12.1 Å². The Morgan fingerprint density at radius 2 is 2.00 bits per heavy atom. The molecule has 17 heavy (non-hydrogen) atoms. The molecule has 4 heteroatoms. The van der Waals surface area contributed by atoms with E-state index in [0.717, 1.165) is 5.56 Å². The Labute approximate surface area is 105 Å². The van der Waals surface area contributed by atoms with E-state index in [1.807, 2.05) is 20.8 Å². The van der Waals surface area contributed by atoms with E-state index in [9.17, 15) is 9.59 Å². The zero-order valence-corrected chi connectivity index (χ0v) is 10.8. The summed E-state index contributed by atoms with van der Waals surface area (Å²) in [5.41, 5.74) is 1.53. The van der Waals surface area contributed by atoms with Crippen molar-refractivity contribution in [1.29, 1.82) is 0 Å². The van der Waals surface area contributed by atoms with Crippen molar-refractivity contribution < 1.29 is 9.59 Å². The molecule has 2 rings (SSSR count). The van der Waals surface area contributed by atoms with Crippen molar-refractivity contribution in [3.8, 4) is 0 Å². The number of carbonyl (C=O) groups excluding carboxylic acids is 2. The molecular weight excluding hydrogens is 238 g/mol. The lowest BCUT2D eigenvalue weighted by atomic mass is 9.86. The molecule has 1 aliphatic rings. The molecular formula is C13H14ClNO2. The predicted molar refractivity (Wildman–Crippen MR) is 67.6 cm³/mol. The van der Waals surface area contributed by atoms with Crippen LogP contribution in [0, 0.1) is 5.41 Å². The fourth-order valence-electron chi connectivity index (χ4n) is 1.85. The highest BCUT2D eigenvalue weighted by molar-refractivity contribution is 6.33. The molecule has 0 atom stereocenters. The molecule has 1 heterocycles. The Hall–Kier alpha value is -1.35. The summed E-state index contributed by atoms with van der Waals surface area (Å²) < 4.78 is 0. The van der Waals surface area contributed by atoms with Gasteiger partial charge in [0.1, 0.15) is 0 Å². The first-order chi connectivity index (χ1) is 7.79. The van der Waals surface area contributed by atoms with Crippen LogP contribution >= 0.6 is 11.6 Å². The minimum atomic E-state index is -0.458. The lowest BCUT2D eigenvalue weighted by Gasteiger charge is -2.17. The molecule has 0 spiro atoms. The van der Waals surface area contributed by atoms with Gasteiger partial charge in [0.15, 0.2) is 5.78 Å². The third kappa shape index (κ3) is 2.20. The average molecular weight is 252 g/mol. The molecule has 0 fully saturated rings. The van der Waals surface area contributed by atoms with E-state index >= 15 is 0 Å². The normalized spacial score (nSPS) is 14.5. The number of ketones is 1. The van der Waals surface area contributed by atoms with Crippen LogP contribution in [0.4, 0.5) is 5.69 Å². The van der Waals surface area contributed by atoms with Crippen LogP contribution in [0.25, 0.3) is 0 Å². The fraction of sp³-hybridized carbons (Fsp3) is 0.385. The third-order valence-electron chi connectivity index (χ3n) is 2.75. The van der Waals surface area contributed by atoms with Crippen LogP contribution in [-0.4, -0.2) is 11.7 Å². The second kappa shape index (κ2) is 3.84. The number of hydrogen-bond acceptors (Lipinski definition) is 2. The molecule has 0 aliphatic carbocycles. The second-order valence-electron chi connectivity index (χ2n) is 5.29. The Morgan fingerprint density at radius 3 is 2.59 bits per heavy atom. The van der Waals surface area contributed by atoms with Crippen molar-refractivity contribution in [2.24, 2.45) is 5.41 Å². The van der Waals surface area contributed by atoms with Crippen molar-refractivity contribution in [2.75, 3.05) is 5.32 Å². The van der Waals surface area contributed by atoms with Gasteiger partial charge in [0, 0.05) is 27.3 Å².